The number of hydrogen-bond acceptors (Lipinski definition) is 6. The number of benzene rings is 1. The zero-order valence-corrected chi connectivity index (χ0v) is 17.4. The second-order valence-electron chi connectivity index (χ2n) is 7.26. The van der Waals surface area contributed by atoms with Crippen molar-refractivity contribution >= 4 is 6.09 Å². The van der Waals surface area contributed by atoms with Crippen molar-refractivity contribution in [2.75, 3.05) is 26.9 Å². The summed E-state index contributed by atoms with van der Waals surface area (Å²) in [6.07, 6.45) is 4.90. The second kappa shape index (κ2) is 9.93. The molecule has 1 aromatic carbocycles. The van der Waals surface area contributed by atoms with Gasteiger partial charge < -0.3 is 14.2 Å². The van der Waals surface area contributed by atoms with E-state index >= 15 is 0 Å². The SMILES string of the molecule is COc1cccc(-c2ccc(OCC(CCc3ccncc3)N3CCOC3=O)cc2)n1. The van der Waals surface area contributed by atoms with Crippen LogP contribution in [0.1, 0.15) is 12.0 Å². The van der Waals surface area contributed by atoms with E-state index in [0.717, 1.165) is 29.8 Å². The van der Waals surface area contributed by atoms with Crippen molar-refractivity contribution in [1.82, 2.24) is 14.9 Å². The van der Waals surface area contributed by atoms with Crippen LogP contribution in [0, 0.1) is 0 Å². The predicted octanol–water partition coefficient (Wildman–Crippen LogP) is 3.98. The average molecular weight is 419 g/mol. The number of pyridine rings is 2. The van der Waals surface area contributed by atoms with Crippen LogP contribution < -0.4 is 9.47 Å². The third kappa shape index (κ3) is 5.31. The maximum absolute atomic E-state index is 12.1. The molecule has 7 nitrogen and oxygen atoms in total. The van der Waals surface area contributed by atoms with Crippen LogP contribution >= 0.6 is 0 Å². The number of carbonyl (C=O) groups is 1. The van der Waals surface area contributed by atoms with Gasteiger partial charge in [-0.1, -0.05) is 6.07 Å². The second-order valence-corrected chi connectivity index (χ2v) is 7.26. The molecule has 7 heteroatoms. The Kier molecular flexibility index (Phi) is 6.62. The fourth-order valence-electron chi connectivity index (χ4n) is 3.55. The lowest BCUT2D eigenvalue weighted by molar-refractivity contribution is 0.128. The molecule has 0 saturated carbocycles. The molecule has 1 aliphatic rings. The lowest BCUT2D eigenvalue weighted by Gasteiger charge is -2.26. The maximum atomic E-state index is 12.1. The standard InChI is InChI=1S/C24H25N3O4/c1-29-23-4-2-3-22(26-23)19-6-9-21(10-7-19)31-17-20(27-15-16-30-24(27)28)8-5-18-11-13-25-14-12-18/h2-4,6-7,9-14,20H,5,8,15-17H2,1H3. The zero-order chi connectivity index (χ0) is 21.5. The van der Waals surface area contributed by atoms with E-state index in [1.807, 2.05) is 54.6 Å². The molecule has 0 radical (unpaired) electrons. The smallest absolute Gasteiger partial charge is 0.410 e. The quantitative estimate of drug-likeness (QED) is 0.522. The molecule has 1 fully saturated rings. The summed E-state index contributed by atoms with van der Waals surface area (Å²) in [5.74, 6) is 1.32. The number of carbonyl (C=O) groups excluding carboxylic acids is 1. The van der Waals surface area contributed by atoms with Crippen molar-refractivity contribution in [3.8, 4) is 22.9 Å². The minimum atomic E-state index is -0.275. The van der Waals surface area contributed by atoms with Crippen LogP contribution in [0.5, 0.6) is 11.6 Å². The third-order valence-electron chi connectivity index (χ3n) is 5.27. The van der Waals surface area contributed by atoms with Crippen LogP contribution in [0.2, 0.25) is 0 Å². The summed E-state index contributed by atoms with van der Waals surface area (Å²) < 4.78 is 16.4. The molecule has 1 aliphatic heterocycles. The maximum Gasteiger partial charge on any atom is 0.410 e. The summed E-state index contributed by atoms with van der Waals surface area (Å²) in [6.45, 7) is 1.41. The minimum absolute atomic E-state index is 0.0668. The van der Waals surface area contributed by atoms with Crippen LogP contribution in [-0.2, 0) is 11.2 Å². The predicted molar refractivity (Wildman–Crippen MR) is 116 cm³/mol. The minimum Gasteiger partial charge on any atom is -0.491 e. The van der Waals surface area contributed by atoms with E-state index in [1.54, 1.807) is 24.4 Å². The number of methoxy groups -OCH3 is 1. The zero-order valence-electron chi connectivity index (χ0n) is 17.4. The topological polar surface area (TPSA) is 73.8 Å². The number of aryl methyl sites for hydroxylation is 1. The lowest BCUT2D eigenvalue weighted by atomic mass is 10.1. The van der Waals surface area contributed by atoms with Gasteiger partial charge in [0.2, 0.25) is 5.88 Å². The number of amides is 1. The monoisotopic (exact) mass is 419 g/mol. The van der Waals surface area contributed by atoms with Crippen molar-refractivity contribution < 1.29 is 19.0 Å². The van der Waals surface area contributed by atoms with E-state index in [4.69, 9.17) is 14.2 Å². The Morgan fingerprint density at radius 3 is 2.61 bits per heavy atom. The molecular weight excluding hydrogens is 394 g/mol. The summed E-state index contributed by atoms with van der Waals surface area (Å²) >= 11 is 0. The molecule has 0 bridgehead atoms. The van der Waals surface area contributed by atoms with Gasteiger partial charge in [-0.2, -0.15) is 0 Å². The Balaban J connectivity index is 1.40. The third-order valence-corrected chi connectivity index (χ3v) is 5.27. The first-order valence-electron chi connectivity index (χ1n) is 10.3. The van der Waals surface area contributed by atoms with E-state index in [1.165, 1.54) is 5.56 Å². The largest absolute Gasteiger partial charge is 0.491 e. The molecule has 1 unspecified atom stereocenters. The Labute approximate surface area is 181 Å². The highest BCUT2D eigenvalue weighted by molar-refractivity contribution is 5.69. The van der Waals surface area contributed by atoms with Crippen LogP contribution in [-0.4, -0.2) is 53.9 Å². The first-order chi connectivity index (χ1) is 15.2. The number of aromatic nitrogens is 2. The molecule has 2 aromatic heterocycles. The summed E-state index contributed by atoms with van der Waals surface area (Å²) in [5, 5.41) is 0. The van der Waals surface area contributed by atoms with E-state index in [9.17, 15) is 4.79 Å². The molecule has 31 heavy (non-hydrogen) atoms. The molecule has 0 spiro atoms. The average Bonchev–Trinajstić information content (AvgIpc) is 3.26. The van der Waals surface area contributed by atoms with Gasteiger partial charge in [0.25, 0.3) is 0 Å². The van der Waals surface area contributed by atoms with Crippen LogP contribution in [0.15, 0.2) is 67.0 Å². The fourth-order valence-corrected chi connectivity index (χ4v) is 3.55. The molecule has 3 aromatic rings. The highest BCUT2D eigenvalue weighted by Gasteiger charge is 2.30. The van der Waals surface area contributed by atoms with Gasteiger partial charge >= 0.3 is 6.09 Å². The molecule has 0 aliphatic carbocycles. The first-order valence-corrected chi connectivity index (χ1v) is 10.3. The van der Waals surface area contributed by atoms with Gasteiger partial charge in [0, 0.05) is 24.0 Å². The van der Waals surface area contributed by atoms with Crippen molar-refractivity contribution in [1.29, 1.82) is 0 Å². The van der Waals surface area contributed by atoms with E-state index in [2.05, 4.69) is 9.97 Å². The van der Waals surface area contributed by atoms with Gasteiger partial charge in [-0.05, 0) is 60.9 Å². The first kappa shape index (κ1) is 20.7. The normalized spacial score (nSPS) is 14.2. The Morgan fingerprint density at radius 2 is 1.90 bits per heavy atom. The summed E-state index contributed by atoms with van der Waals surface area (Å²) in [7, 11) is 1.60. The number of hydrogen-bond donors (Lipinski definition) is 0. The van der Waals surface area contributed by atoms with Gasteiger partial charge in [0.1, 0.15) is 19.0 Å². The Bertz CT molecular complexity index is 995. The van der Waals surface area contributed by atoms with Gasteiger partial charge in [0.15, 0.2) is 0 Å². The number of cyclic esters (lactones) is 1. The van der Waals surface area contributed by atoms with Gasteiger partial charge in [-0.15, -0.1) is 0 Å². The van der Waals surface area contributed by atoms with Crippen LogP contribution in [0.4, 0.5) is 4.79 Å². The fraction of sp³-hybridized carbons (Fsp3) is 0.292. The van der Waals surface area contributed by atoms with Crippen molar-refractivity contribution in [3.05, 3.63) is 72.6 Å². The Morgan fingerprint density at radius 1 is 1.10 bits per heavy atom. The molecule has 1 amide bonds. The number of ether oxygens (including phenoxy) is 3. The van der Waals surface area contributed by atoms with Gasteiger partial charge in [-0.25, -0.2) is 9.78 Å². The summed E-state index contributed by atoms with van der Waals surface area (Å²) in [5.41, 5.74) is 2.99. The van der Waals surface area contributed by atoms with Crippen LogP contribution in [0.3, 0.4) is 0 Å². The lowest BCUT2D eigenvalue weighted by Crippen LogP contribution is -2.40. The Hall–Kier alpha value is -3.61. The molecule has 160 valence electrons. The van der Waals surface area contributed by atoms with E-state index in [-0.39, 0.29) is 12.1 Å². The van der Waals surface area contributed by atoms with Crippen LogP contribution in [0.25, 0.3) is 11.3 Å². The number of rotatable bonds is 9. The van der Waals surface area contributed by atoms with Gasteiger partial charge in [0.05, 0.1) is 25.4 Å². The van der Waals surface area contributed by atoms with Gasteiger partial charge in [-0.3, -0.25) is 9.88 Å². The van der Waals surface area contributed by atoms with E-state index in [0.29, 0.717) is 25.6 Å². The highest BCUT2D eigenvalue weighted by Crippen LogP contribution is 2.23. The van der Waals surface area contributed by atoms with Crippen molar-refractivity contribution in [2.24, 2.45) is 0 Å². The summed E-state index contributed by atoms with van der Waals surface area (Å²) in [6, 6.07) is 17.3. The number of nitrogens with zero attached hydrogens (tertiary/aromatic N) is 3. The molecular formula is C24H25N3O4. The van der Waals surface area contributed by atoms with Crippen molar-refractivity contribution in [3.63, 3.8) is 0 Å². The molecule has 1 atom stereocenters. The summed E-state index contributed by atoms with van der Waals surface area (Å²) in [4.78, 5) is 22.4. The van der Waals surface area contributed by atoms with Crippen molar-refractivity contribution in [2.45, 2.75) is 18.9 Å². The molecule has 4 rings (SSSR count). The molecule has 0 N–H and O–H groups in total. The highest BCUT2D eigenvalue weighted by atomic mass is 16.6. The molecule has 1 saturated heterocycles. The molecule has 3 heterocycles. The van der Waals surface area contributed by atoms with E-state index < -0.39 is 0 Å².